The van der Waals surface area contributed by atoms with E-state index in [4.69, 9.17) is 35.4 Å². The predicted molar refractivity (Wildman–Crippen MR) is 484 cm³/mol. The van der Waals surface area contributed by atoms with Crippen molar-refractivity contribution in [1.29, 1.82) is 0 Å². The maximum atomic E-state index is 11.2. The van der Waals surface area contributed by atoms with Crippen LogP contribution < -0.4 is 17.2 Å². The number of aromatic hydroxyl groups is 2. The highest BCUT2D eigenvalue weighted by molar-refractivity contribution is 7.86. The Morgan fingerprint density at radius 1 is 0.415 bits per heavy atom. The lowest BCUT2D eigenvalue weighted by Gasteiger charge is -2.24. The predicted octanol–water partition coefficient (Wildman–Crippen LogP) is 18.7. The fourth-order valence-corrected chi connectivity index (χ4v) is 19.9. The first-order valence-electron chi connectivity index (χ1n) is 41.2. The topological polar surface area (TPSA) is 345 Å². The van der Waals surface area contributed by atoms with Crippen molar-refractivity contribution in [2.45, 2.75) is 233 Å². The summed E-state index contributed by atoms with van der Waals surface area (Å²) in [4.78, 5) is 0. The molecular formula is C94H129N6O14S4+3. The summed E-state index contributed by atoms with van der Waals surface area (Å²) in [7, 11) is -15.3. The molecule has 3 aliphatic heterocycles. The van der Waals surface area contributed by atoms with E-state index >= 15 is 0 Å². The van der Waals surface area contributed by atoms with Gasteiger partial charge in [-0.25, -0.2) is 0 Å². The highest BCUT2D eigenvalue weighted by Gasteiger charge is 2.48. The smallest absolute Gasteiger partial charge is 0.264 e. The van der Waals surface area contributed by atoms with Crippen LogP contribution in [-0.4, -0.2) is 136 Å². The van der Waals surface area contributed by atoms with Crippen molar-refractivity contribution in [3.05, 3.63) is 236 Å². The first-order valence-corrected chi connectivity index (χ1v) is 47.6. The molecule has 6 aromatic carbocycles. The zero-order valence-corrected chi connectivity index (χ0v) is 75.5. The summed E-state index contributed by atoms with van der Waals surface area (Å²) < 4.78 is 126. The van der Waals surface area contributed by atoms with Gasteiger partial charge in [0.25, 0.3) is 40.5 Å². The molecule has 118 heavy (non-hydrogen) atoms. The minimum atomic E-state index is -3.95. The third-order valence-corrected chi connectivity index (χ3v) is 27.4. The van der Waals surface area contributed by atoms with E-state index in [0.29, 0.717) is 69.0 Å². The first kappa shape index (κ1) is 94.9. The van der Waals surface area contributed by atoms with Crippen LogP contribution in [-0.2, 0) is 85.8 Å². The number of unbranched alkanes of at least 4 members (excludes halogenated alkanes) is 4. The average Bonchev–Trinajstić information content (AvgIpc) is 1.59. The number of phenols is 2. The first-order chi connectivity index (χ1) is 54.9. The standard InChI is InChI=1S/C30H38N2O3S.C28H35N3O3S.C28H33NO2.2C4H10O3S/c1-21-12-13-22-19-23(29(2,3)25(22)18-21)10-6-7-11-28-30(4,5)26-20-24(31)14-15-27(26)32(28)16-8-9-17-36(33,34)35;1-27(2)20(16-19-10-11-21(29)17-23(19)27)8-7-9-26-28(3,4)24-18-22(30)12-13-25(24)31(26)14-5-6-15-35(32,33)34;1-7-20-21-14-12-18(30)16-23(21)27(3,4)22(20)10-9-11-26-28(5,6)24-17-19(31)13-15-25(24)29(26)8-2;2*1-2-3-4-8(5,6)7/h7,10-15,18,20H,6,8-9,16-17,19,31H2,1-5H3;7-13,17-18H,5-6,14-16,29-30H2,1-4H3;9-17,20H,7-8H2,1-6H3,(H-,30,31);2*2-4H2,1H3,(H,5,6,7)/p+3/b11-7+,23-10-;9-7+,20-8-;11-9+,22-10-;;. The zero-order chi connectivity index (χ0) is 87.7. The number of phenolic OH excluding ortho intramolecular Hbond substituents is 2. The number of rotatable bonds is 25. The number of nitrogen functional groups attached to an aromatic ring is 3. The fourth-order valence-electron chi connectivity index (χ4n) is 17.5. The summed E-state index contributed by atoms with van der Waals surface area (Å²) in [5, 5.41) is 20.1. The number of nitrogens with zero attached hydrogens (tertiary/aromatic N) is 3. The lowest BCUT2D eigenvalue weighted by Crippen LogP contribution is -2.28. The van der Waals surface area contributed by atoms with Crippen LogP contribution in [0.15, 0.2) is 181 Å². The molecule has 640 valence electrons. The summed E-state index contributed by atoms with van der Waals surface area (Å²) >= 11 is 0. The molecule has 20 nitrogen and oxygen atoms in total. The molecule has 6 aromatic rings. The summed E-state index contributed by atoms with van der Waals surface area (Å²) in [6.07, 6.45) is 28.6. The van der Waals surface area contributed by atoms with Crippen LogP contribution in [0, 0.1) is 6.92 Å². The van der Waals surface area contributed by atoms with Gasteiger partial charge in [-0.2, -0.15) is 47.4 Å². The molecule has 0 amide bonds. The minimum Gasteiger partial charge on any atom is -0.508 e. The molecule has 6 aliphatic rings. The minimum absolute atomic E-state index is 0.0435. The monoisotopic (exact) mass is 1690 g/mol. The Morgan fingerprint density at radius 2 is 0.805 bits per heavy atom. The van der Waals surface area contributed by atoms with E-state index in [1.165, 1.54) is 78.3 Å². The number of benzene rings is 6. The van der Waals surface area contributed by atoms with Gasteiger partial charge in [0, 0.05) is 105 Å². The zero-order valence-electron chi connectivity index (χ0n) is 72.3. The second kappa shape index (κ2) is 38.0. The lowest BCUT2D eigenvalue weighted by molar-refractivity contribution is -0.438. The Labute approximate surface area is 703 Å². The molecule has 3 aliphatic carbocycles. The molecular weight excluding hydrogens is 1570 g/mol. The van der Waals surface area contributed by atoms with Crippen LogP contribution in [0.2, 0.25) is 0 Å². The Morgan fingerprint density at radius 3 is 1.28 bits per heavy atom. The van der Waals surface area contributed by atoms with Gasteiger partial charge in [-0.05, 0) is 201 Å². The Bertz CT molecular complexity index is 5480. The molecule has 0 spiro atoms. The number of hydrogen-bond acceptors (Lipinski definition) is 13. The quantitative estimate of drug-likeness (QED) is 0.00845. The highest BCUT2D eigenvalue weighted by Crippen LogP contribution is 2.53. The van der Waals surface area contributed by atoms with Crippen molar-refractivity contribution in [2.24, 2.45) is 0 Å². The van der Waals surface area contributed by atoms with Crippen molar-refractivity contribution < 1.29 is 75.8 Å². The molecule has 3 heterocycles. The molecule has 24 heteroatoms. The number of allylic oxidation sites excluding steroid dienone is 12. The van der Waals surface area contributed by atoms with Gasteiger partial charge in [0.2, 0.25) is 17.1 Å². The van der Waals surface area contributed by atoms with Gasteiger partial charge in [-0.3, -0.25) is 18.2 Å². The molecule has 0 saturated heterocycles. The molecule has 0 radical (unpaired) electrons. The normalized spacial score (nSPS) is 19.2. The van der Waals surface area contributed by atoms with E-state index in [2.05, 4.69) is 215 Å². The Hall–Kier alpha value is -8.59. The number of anilines is 3. The summed E-state index contributed by atoms with van der Waals surface area (Å²) in [6, 6.07) is 36.5. The van der Waals surface area contributed by atoms with Gasteiger partial charge in [-0.1, -0.05) is 164 Å². The van der Waals surface area contributed by atoms with E-state index in [1.807, 2.05) is 68.4 Å². The molecule has 12 rings (SSSR count). The third kappa shape index (κ3) is 22.9. The molecule has 0 aromatic heterocycles. The summed E-state index contributed by atoms with van der Waals surface area (Å²) in [5.74, 6) is 0.364. The second-order valence-corrected chi connectivity index (χ2v) is 41.3. The molecule has 1 atom stereocenters. The van der Waals surface area contributed by atoms with Crippen LogP contribution >= 0.6 is 0 Å². The number of nitrogens with two attached hydrogens (primary N) is 3. The Balaban J connectivity index is 0.000000202. The van der Waals surface area contributed by atoms with E-state index in [9.17, 15) is 43.9 Å². The van der Waals surface area contributed by atoms with Crippen molar-refractivity contribution in [3.8, 4) is 11.5 Å². The maximum absolute atomic E-state index is 11.2. The van der Waals surface area contributed by atoms with Gasteiger partial charge >= 0.3 is 0 Å². The molecule has 0 bridgehead atoms. The number of hydrogen-bond donors (Lipinski definition) is 9. The van der Waals surface area contributed by atoms with E-state index in [0.717, 1.165) is 90.3 Å². The SMILES string of the molecule is CC1(C)C(/C=C/C=C2/Cc3ccc(N)cc3C2(C)C)=[N+](CCCCS(=O)(=O)O)c2ccc(N)cc21.CCC1/C(=C/C=C/C2=[N+](CC)c3ccc(O)cc3C2(C)C)C(C)(C)c2cc(O)ccc21.CCCCS(=O)(=O)O.CCCCS(=O)(=O)O.Cc1ccc2c(c1)C(C)(C)/C(=C\C/C=C/C1=[N+](CCCCS(=O)(=O)O)c3ccc(N)cc3C1(C)C)C2. The van der Waals surface area contributed by atoms with Gasteiger partial charge in [0.1, 0.15) is 31.1 Å². The van der Waals surface area contributed by atoms with Crippen LogP contribution in [0.3, 0.4) is 0 Å². The summed E-state index contributed by atoms with van der Waals surface area (Å²) in [5.41, 5.74) is 43.7. The maximum Gasteiger partial charge on any atom is 0.264 e. The summed E-state index contributed by atoms with van der Waals surface area (Å²) in [6.45, 7) is 39.4. The lowest BCUT2D eigenvalue weighted by atomic mass is 9.79. The largest absolute Gasteiger partial charge is 0.508 e. The molecule has 0 fully saturated rings. The molecule has 0 saturated carbocycles. The third-order valence-electron chi connectivity index (χ3n) is 24.2. The van der Waals surface area contributed by atoms with Crippen molar-refractivity contribution in [2.75, 3.05) is 59.8 Å². The van der Waals surface area contributed by atoms with E-state index in [1.54, 1.807) is 12.1 Å². The molecule has 12 N–H and O–H groups in total. The van der Waals surface area contributed by atoms with Gasteiger partial charge < -0.3 is 27.4 Å². The highest BCUT2D eigenvalue weighted by atomic mass is 32.2. The fraction of sp³-hybridized carbons (Fsp3) is 0.457. The number of aryl methyl sites for hydroxylation is 1. The number of fused-ring (bicyclic) bond motifs is 6. The van der Waals surface area contributed by atoms with Crippen LogP contribution in [0.5, 0.6) is 11.5 Å². The van der Waals surface area contributed by atoms with Crippen LogP contribution in [0.4, 0.5) is 34.1 Å². The van der Waals surface area contributed by atoms with Crippen molar-refractivity contribution in [1.82, 2.24) is 0 Å². The van der Waals surface area contributed by atoms with E-state index < -0.39 is 40.5 Å². The van der Waals surface area contributed by atoms with Gasteiger partial charge in [0.15, 0.2) is 17.1 Å². The Kier molecular flexibility index (Phi) is 30.6. The van der Waals surface area contributed by atoms with Crippen LogP contribution in [0.25, 0.3) is 0 Å². The van der Waals surface area contributed by atoms with E-state index in [-0.39, 0.29) is 55.5 Å². The van der Waals surface area contributed by atoms with Gasteiger partial charge in [0.05, 0.1) is 39.3 Å². The van der Waals surface area contributed by atoms with Crippen molar-refractivity contribution in [3.63, 3.8) is 0 Å². The van der Waals surface area contributed by atoms with Crippen molar-refractivity contribution >= 4 is 91.7 Å². The second-order valence-electron chi connectivity index (χ2n) is 35.0. The van der Waals surface area contributed by atoms with Crippen LogP contribution in [0.1, 0.15) is 237 Å². The average molecular weight is 1700 g/mol. The van der Waals surface area contributed by atoms with Gasteiger partial charge in [-0.15, -0.1) is 0 Å². The molecule has 1 unspecified atom stereocenters.